The third-order valence-corrected chi connectivity index (χ3v) is 5.48. The second-order valence-electron chi connectivity index (χ2n) is 6.40. The second kappa shape index (κ2) is 9.67. The molecule has 1 aromatic heterocycles. The van der Waals surface area contributed by atoms with E-state index in [0.29, 0.717) is 16.4 Å². The van der Waals surface area contributed by atoms with Gasteiger partial charge in [0.1, 0.15) is 19.6 Å². The summed E-state index contributed by atoms with van der Waals surface area (Å²) in [5, 5.41) is 12.0. The number of nitrogens with one attached hydrogen (secondary N) is 2. The number of morpholine rings is 1. The highest BCUT2D eigenvalue weighted by molar-refractivity contribution is 7.99. The standard InChI is InChI=1S/C18H23N5O4S/c1-22-15(11-23-7-9-27-10-8-23)20-21-18(22)28-12-16(24)19-14-5-3-13(4-6-14)17(25)26-2/h3-6H,7-12H2,1-2H3,(H,19,24)/p+1. The van der Waals surface area contributed by atoms with Gasteiger partial charge in [0.25, 0.3) is 0 Å². The molecule has 2 N–H and O–H groups in total. The van der Waals surface area contributed by atoms with Crippen molar-refractivity contribution in [1.29, 1.82) is 0 Å². The van der Waals surface area contributed by atoms with Gasteiger partial charge in [0, 0.05) is 12.7 Å². The fourth-order valence-electron chi connectivity index (χ4n) is 2.82. The molecular weight excluding hydrogens is 382 g/mol. The minimum Gasteiger partial charge on any atom is -0.465 e. The summed E-state index contributed by atoms with van der Waals surface area (Å²) >= 11 is 1.34. The second-order valence-corrected chi connectivity index (χ2v) is 7.35. The number of rotatable bonds is 7. The fourth-order valence-corrected chi connectivity index (χ4v) is 3.55. The first kappa shape index (κ1) is 20.3. The molecule has 0 spiro atoms. The minimum atomic E-state index is -0.412. The zero-order valence-corrected chi connectivity index (χ0v) is 16.8. The Balaban J connectivity index is 1.49. The van der Waals surface area contributed by atoms with Crippen molar-refractivity contribution in [3.8, 4) is 0 Å². The number of hydrogen-bond donors (Lipinski definition) is 2. The van der Waals surface area contributed by atoms with Crippen LogP contribution in [-0.4, -0.2) is 65.8 Å². The van der Waals surface area contributed by atoms with Crippen LogP contribution in [0.3, 0.4) is 0 Å². The SMILES string of the molecule is COC(=O)c1ccc(NC(=O)CSc2nnc(C[NH+]3CCOCC3)n2C)cc1. The number of methoxy groups -OCH3 is 1. The van der Waals surface area contributed by atoms with E-state index in [1.807, 2.05) is 11.6 Å². The van der Waals surface area contributed by atoms with Gasteiger partial charge in [0.05, 0.1) is 31.6 Å². The van der Waals surface area contributed by atoms with E-state index in [1.165, 1.54) is 23.8 Å². The molecule has 1 aliphatic heterocycles. The summed E-state index contributed by atoms with van der Waals surface area (Å²) in [5.74, 6) is 0.553. The van der Waals surface area contributed by atoms with E-state index in [4.69, 9.17) is 4.74 Å². The topological polar surface area (TPSA) is 99.8 Å². The van der Waals surface area contributed by atoms with Crippen LogP contribution < -0.4 is 10.2 Å². The molecule has 28 heavy (non-hydrogen) atoms. The number of nitrogens with zero attached hydrogens (tertiary/aromatic N) is 3. The highest BCUT2D eigenvalue weighted by Gasteiger charge is 2.19. The summed E-state index contributed by atoms with van der Waals surface area (Å²) in [6, 6.07) is 6.55. The molecule has 1 aliphatic rings. The molecule has 1 saturated heterocycles. The third-order valence-electron chi connectivity index (χ3n) is 4.46. The van der Waals surface area contributed by atoms with Crippen LogP contribution in [0.5, 0.6) is 0 Å². The molecule has 10 heteroatoms. The number of carbonyl (C=O) groups is 2. The van der Waals surface area contributed by atoms with Gasteiger partial charge in [-0.15, -0.1) is 10.2 Å². The normalized spacial score (nSPS) is 14.6. The van der Waals surface area contributed by atoms with Gasteiger partial charge in [-0.2, -0.15) is 0 Å². The van der Waals surface area contributed by atoms with Gasteiger partial charge in [-0.05, 0) is 24.3 Å². The van der Waals surface area contributed by atoms with Crippen molar-refractivity contribution in [2.75, 3.05) is 44.5 Å². The Kier molecular flexibility index (Phi) is 7.01. The summed E-state index contributed by atoms with van der Waals surface area (Å²) in [5.41, 5.74) is 1.05. The zero-order chi connectivity index (χ0) is 19.9. The van der Waals surface area contributed by atoms with Crippen LogP contribution in [0.4, 0.5) is 5.69 Å². The van der Waals surface area contributed by atoms with Gasteiger partial charge in [-0.25, -0.2) is 4.79 Å². The lowest BCUT2D eigenvalue weighted by Gasteiger charge is -2.23. The van der Waals surface area contributed by atoms with E-state index >= 15 is 0 Å². The van der Waals surface area contributed by atoms with Crippen molar-refractivity contribution in [3.05, 3.63) is 35.7 Å². The predicted octanol–water partition coefficient (Wildman–Crippen LogP) is -0.252. The lowest BCUT2D eigenvalue weighted by atomic mass is 10.2. The Labute approximate surface area is 167 Å². The van der Waals surface area contributed by atoms with E-state index in [0.717, 1.165) is 38.7 Å². The van der Waals surface area contributed by atoms with Crippen molar-refractivity contribution in [3.63, 3.8) is 0 Å². The van der Waals surface area contributed by atoms with Crippen LogP contribution in [0.1, 0.15) is 16.2 Å². The molecule has 0 unspecified atom stereocenters. The average Bonchev–Trinajstić information content (AvgIpc) is 3.06. The minimum absolute atomic E-state index is 0.154. The van der Waals surface area contributed by atoms with E-state index in [9.17, 15) is 9.59 Å². The number of quaternary nitrogens is 1. The van der Waals surface area contributed by atoms with Gasteiger partial charge < -0.3 is 24.3 Å². The summed E-state index contributed by atoms with van der Waals surface area (Å²) in [4.78, 5) is 25.0. The first-order valence-corrected chi connectivity index (χ1v) is 9.96. The van der Waals surface area contributed by atoms with Crippen molar-refractivity contribution in [2.45, 2.75) is 11.7 Å². The van der Waals surface area contributed by atoms with E-state index in [2.05, 4.69) is 20.3 Å². The van der Waals surface area contributed by atoms with E-state index in [1.54, 1.807) is 24.3 Å². The quantitative estimate of drug-likeness (QED) is 0.483. The Bertz CT molecular complexity index is 818. The Morgan fingerprint density at radius 3 is 2.64 bits per heavy atom. The smallest absolute Gasteiger partial charge is 0.337 e. The van der Waals surface area contributed by atoms with Crippen LogP contribution in [0.2, 0.25) is 0 Å². The van der Waals surface area contributed by atoms with Crippen LogP contribution in [-0.2, 0) is 27.9 Å². The molecule has 3 rings (SSSR count). The zero-order valence-electron chi connectivity index (χ0n) is 15.9. The monoisotopic (exact) mass is 406 g/mol. The van der Waals surface area contributed by atoms with Crippen molar-refractivity contribution >= 4 is 29.3 Å². The summed E-state index contributed by atoms with van der Waals surface area (Å²) < 4.78 is 12.0. The maximum Gasteiger partial charge on any atom is 0.337 e. The molecule has 0 radical (unpaired) electrons. The number of esters is 1. The van der Waals surface area contributed by atoms with Crippen LogP contribution in [0.25, 0.3) is 0 Å². The Hall–Kier alpha value is -2.43. The first-order valence-electron chi connectivity index (χ1n) is 8.97. The van der Waals surface area contributed by atoms with Gasteiger partial charge in [0.15, 0.2) is 11.0 Å². The number of benzene rings is 1. The molecule has 0 saturated carbocycles. The summed E-state index contributed by atoms with van der Waals surface area (Å²) in [6.07, 6.45) is 0. The Morgan fingerprint density at radius 2 is 1.96 bits per heavy atom. The van der Waals surface area contributed by atoms with Crippen LogP contribution in [0, 0.1) is 0 Å². The number of carbonyl (C=O) groups excluding carboxylic acids is 2. The number of aromatic nitrogens is 3. The first-order chi connectivity index (χ1) is 13.6. The highest BCUT2D eigenvalue weighted by Crippen LogP contribution is 2.16. The van der Waals surface area contributed by atoms with Crippen LogP contribution >= 0.6 is 11.8 Å². The molecule has 2 heterocycles. The lowest BCUT2D eigenvalue weighted by Crippen LogP contribution is -3.12. The Morgan fingerprint density at radius 1 is 1.25 bits per heavy atom. The molecule has 9 nitrogen and oxygen atoms in total. The van der Waals surface area contributed by atoms with Crippen molar-refractivity contribution in [1.82, 2.24) is 14.8 Å². The fraction of sp³-hybridized carbons (Fsp3) is 0.444. The number of ether oxygens (including phenoxy) is 2. The number of thioether (sulfide) groups is 1. The summed E-state index contributed by atoms with van der Waals surface area (Å²) in [6.45, 7) is 4.27. The molecule has 1 amide bonds. The summed E-state index contributed by atoms with van der Waals surface area (Å²) in [7, 11) is 3.25. The lowest BCUT2D eigenvalue weighted by molar-refractivity contribution is -0.922. The number of amides is 1. The molecule has 1 fully saturated rings. The molecule has 0 atom stereocenters. The maximum atomic E-state index is 12.2. The molecule has 2 aromatic rings. The van der Waals surface area contributed by atoms with Gasteiger partial charge in [-0.1, -0.05) is 11.8 Å². The molecule has 0 aliphatic carbocycles. The predicted molar refractivity (Wildman–Crippen MR) is 103 cm³/mol. The van der Waals surface area contributed by atoms with Gasteiger partial charge >= 0.3 is 5.97 Å². The molecule has 150 valence electrons. The van der Waals surface area contributed by atoms with E-state index in [-0.39, 0.29) is 11.7 Å². The van der Waals surface area contributed by atoms with Crippen molar-refractivity contribution < 1.29 is 24.0 Å². The van der Waals surface area contributed by atoms with Crippen molar-refractivity contribution in [2.24, 2.45) is 7.05 Å². The molecular formula is C18H24N5O4S+. The van der Waals surface area contributed by atoms with Gasteiger partial charge in [-0.3, -0.25) is 4.79 Å². The highest BCUT2D eigenvalue weighted by atomic mass is 32.2. The molecule has 0 bridgehead atoms. The molecule has 1 aromatic carbocycles. The van der Waals surface area contributed by atoms with Crippen LogP contribution in [0.15, 0.2) is 29.4 Å². The largest absolute Gasteiger partial charge is 0.465 e. The third kappa shape index (κ3) is 5.31. The average molecular weight is 406 g/mol. The number of anilines is 1. The number of hydrogen-bond acceptors (Lipinski definition) is 7. The maximum absolute atomic E-state index is 12.2. The van der Waals surface area contributed by atoms with E-state index < -0.39 is 5.97 Å². The van der Waals surface area contributed by atoms with Gasteiger partial charge in [0.2, 0.25) is 5.91 Å².